The Morgan fingerprint density at radius 2 is 2.31 bits per heavy atom. The van der Waals surface area contributed by atoms with E-state index in [1.807, 2.05) is 0 Å². The van der Waals surface area contributed by atoms with Gasteiger partial charge in [0.2, 0.25) is 0 Å². The monoisotopic (exact) mass is 182 g/mol. The quantitative estimate of drug-likeness (QED) is 0.713. The second-order valence-corrected chi connectivity index (χ2v) is 2.92. The van der Waals surface area contributed by atoms with Gasteiger partial charge in [0, 0.05) is 18.3 Å². The second kappa shape index (κ2) is 4.20. The molecular formula is C9H14N2O2. The Hall–Kier alpha value is -1.13. The molecule has 0 radical (unpaired) electrons. The van der Waals surface area contributed by atoms with E-state index in [1.165, 1.54) is 0 Å². The molecule has 0 saturated heterocycles. The number of aromatic nitrogens is 1. The molecule has 0 aromatic carbocycles. The molecule has 0 aliphatic carbocycles. The first-order valence-electron chi connectivity index (χ1n) is 4.08. The Balaban J connectivity index is 2.88. The first kappa shape index (κ1) is 9.95. The molecule has 13 heavy (non-hydrogen) atoms. The van der Waals surface area contributed by atoms with Gasteiger partial charge in [0.05, 0.1) is 12.8 Å². The highest BCUT2D eigenvalue weighted by atomic mass is 16.5. The van der Waals surface area contributed by atoms with Gasteiger partial charge >= 0.3 is 0 Å². The van der Waals surface area contributed by atoms with E-state index in [1.54, 1.807) is 32.4 Å². The van der Waals surface area contributed by atoms with Crippen molar-refractivity contribution in [2.24, 2.45) is 5.73 Å². The van der Waals surface area contributed by atoms with Crippen LogP contribution in [-0.4, -0.2) is 23.2 Å². The van der Waals surface area contributed by atoms with E-state index in [9.17, 15) is 5.11 Å². The van der Waals surface area contributed by atoms with Crippen molar-refractivity contribution < 1.29 is 9.84 Å². The van der Waals surface area contributed by atoms with Crippen molar-refractivity contribution in [3.05, 3.63) is 24.0 Å². The third-order valence-electron chi connectivity index (χ3n) is 1.79. The number of nitrogens with zero attached hydrogens (tertiary/aromatic N) is 1. The number of aliphatic hydroxyl groups is 1. The standard InChI is InChI=1S/C9H14N2O2/c1-6(10)9(12)8-5-7(13-2)3-4-11-8/h3-6,9,12H,10H2,1-2H3. The first-order chi connectivity index (χ1) is 6.15. The fourth-order valence-corrected chi connectivity index (χ4v) is 0.986. The number of rotatable bonds is 3. The molecule has 0 amide bonds. The summed E-state index contributed by atoms with van der Waals surface area (Å²) in [5.74, 6) is 0.671. The van der Waals surface area contributed by atoms with Gasteiger partial charge in [-0.15, -0.1) is 0 Å². The Labute approximate surface area is 77.4 Å². The summed E-state index contributed by atoms with van der Waals surface area (Å²) < 4.78 is 4.99. The van der Waals surface area contributed by atoms with Crippen LogP contribution in [0.1, 0.15) is 18.7 Å². The molecule has 1 aromatic rings. The summed E-state index contributed by atoms with van der Waals surface area (Å²) >= 11 is 0. The fourth-order valence-electron chi connectivity index (χ4n) is 0.986. The Bertz CT molecular complexity index is 276. The Kier molecular flexibility index (Phi) is 3.22. The van der Waals surface area contributed by atoms with Crippen LogP contribution < -0.4 is 10.5 Å². The van der Waals surface area contributed by atoms with Crippen LogP contribution in [0.3, 0.4) is 0 Å². The maximum Gasteiger partial charge on any atom is 0.122 e. The molecule has 2 atom stereocenters. The molecule has 4 nitrogen and oxygen atoms in total. The van der Waals surface area contributed by atoms with Crippen LogP contribution >= 0.6 is 0 Å². The van der Waals surface area contributed by atoms with Gasteiger partial charge in [-0.3, -0.25) is 4.98 Å². The van der Waals surface area contributed by atoms with Gasteiger partial charge in [-0.05, 0) is 13.0 Å². The molecule has 3 N–H and O–H groups in total. The summed E-state index contributed by atoms with van der Waals surface area (Å²) in [4.78, 5) is 4.00. The number of methoxy groups -OCH3 is 1. The van der Waals surface area contributed by atoms with Crippen LogP contribution in [0.4, 0.5) is 0 Å². The minimum atomic E-state index is -0.741. The molecule has 1 rings (SSSR count). The molecule has 0 bridgehead atoms. The molecule has 0 aliphatic heterocycles. The molecule has 72 valence electrons. The molecule has 2 unspecified atom stereocenters. The van der Waals surface area contributed by atoms with E-state index >= 15 is 0 Å². The van der Waals surface area contributed by atoms with Crippen molar-refractivity contribution in [1.82, 2.24) is 4.98 Å². The summed E-state index contributed by atoms with van der Waals surface area (Å²) in [6, 6.07) is 3.06. The van der Waals surface area contributed by atoms with Gasteiger partial charge in [-0.25, -0.2) is 0 Å². The lowest BCUT2D eigenvalue weighted by atomic mass is 10.1. The highest BCUT2D eigenvalue weighted by Crippen LogP contribution is 2.17. The Morgan fingerprint density at radius 1 is 1.62 bits per heavy atom. The van der Waals surface area contributed by atoms with E-state index in [4.69, 9.17) is 10.5 Å². The zero-order chi connectivity index (χ0) is 9.84. The van der Waals surface area contributed by atoms with Gasteiger partial charge in [0.25, 0.3) is 0 Å². The predicted octanol–water partition coefficient (Wildman–Crippen LogP) is 0.471. The second-order valence-electron chi connectivity index (χ2n) is 2.92. The lowest BCUT2D eigenvalue weighted by Crippen LogP contribution is -2.25. The molecule has 0 saturated carbocycles. The average molecular weight is 182 g/mol. The summed E-state index contributed by atoms with van der Waals surface area (Å²) in [6.45, 7) is 1.73. The number of hydrogen-bond acceptors (Lipinski definition) is 4. The van der Waals surface area contributed by atoms with Gasteiger partial charge in [0.15, 0.2) is 0 Å². The van der Waals surface area contributed by atoms with Crippen LogP contribution in [0.15, 0.2) is 18.3 Å². The highest BCUT2D eigenvalue weighted by molar-refractivity contribution is 5.24. The maximum absolute atomic E-state index is 9.57. The van der Waals surface area contributed by atoms with Crippen LogP contribution in [0, 0.1) is 0 Å². The highest BCUT2D eigenvalue weighted by Gasteiger charge is 2.13. The van der Waals surface area contributed by atoms with E-state index < -0.39 is 6.10 Å². The molecular weight excluding hydrogens is 168 g/mol. The third-order valence-corrected chi connectivity index (χ3v) is 1.79. The van der Waals surface area contributed by atoms with E-state index in [0.717, 1.165) is 0 Å². The molecule has 0 fully saturated rings. The Morgan fingerprint density at radius 3 is 2.85 bits per heavy atom. The number of pyridine rings is 1. The number of ether oxygens (including phenoxy) is 1. The normalized spacial score (nSPS) is 15.1. The topological polar surface area (TPSA) is 68.4 Å². The fraction of sp³-hybridized carbons (Fsp3) is 0.444. The lowest BCUT2D eigenvalue weighted by Gasteiger charge is -2.13. The smallest absolute Gasteiger partial charge is 0.122 e. The summed E-state index contributed by atoms with van der Waals surface area (Å²) in [6.07, 6.45) is 0.842. The molecule has 1 heterocycles. The summed E-state index contributed by atoms with van der Waals surface area (Å²) in [5, 5.41) is 9.57. The summed E-state index contributed by atoms with van der Waals surface area (Å²) in [5.41, 5.74) is 6.07. The van der Waals surface area contributed by atoms with Crippen molar-refractivity contribution in [3.8, 4) is 5.75 Å². The first-order valence-corrected chi connectivity index (χ1v) is 4.08. The van der Waals surface area contributed by atoms with E-state index in [0.29, 0.717) is 11.4 Å². The largest absolute Gasteiger partial charge is 0.497 e. The minimum absolute atomic E-state index is 0.334. The lowest BCUT2D eigenvalue weighted by molar-refractivity contribution is 0.148. The van der Waals surface area contributed by atoms with Gasteiger partial charge < -0.3 is 15.6 Å². The van der Waals surface area contributed by atoms with Crippen LogP contribution in [-0.2, 0) is 0 Å². The number of nitrogens with two attached hydrogens (primary N) is 1. The molecule has 0 aliphatic rings. The van der Waals surface area contributed by atoms with Crippen molar-refractivity contribution >= 4 is 0 Å². The van der Waals surface area contributed by atoms with Crippen molar-refractivity contribution in [2.75, 3.05) is 7.11 Å². The maximum atomic E-state index is 9.57. The molecule has 0 spiro atoms. The van der Waals surface area contributed by atoms with Crippen molar-refractivity contribution in [1.29, 1.82) is 0 Å². The zero-order valence-corrected chi connectivity index (χ0v) is 7.77. The van der Waals surface area contributed by atoms with E-state index in [-0.39, 0.29) is 6.04 Å². The SMILES string of the molecule is COc1ccnc(C(O)C(C)N)c1. The minimum Gasteiger partial charge on any atom is -0.497 e. The van der Waals surface area contributed by atoms with Gasteiger partial charge in [-0.1, -0.05) is 0 Å². The zero-order valence-electron chi connectivity index (χ0n) is 7.77. The van der Waals surface area contributed by atoms with Crippen LogP contribution in [0.25, 0.3) is 0 Å². The van der Waals surface area contributed by atoms with Crippen molar-refractivity contribution in [2.45, 2.75) is 19.1 Å². The van der Waals surface area contributed by atoms with Crippen molar-refractivity contribution in [3.63, 3.8) is 0 Å². The van der Waals surface area contributed by atoms with Crippen LogP contribution in [0.5, 0.6) is 5.75 Å². The average Bonchev–Trinajstić information content (AvgIpc) is 2.16. The van der Waals surface area contributed by atoms with E-state index in [2.05, 4.69) is 4.98 Å². The predicted molar refractivity (Wildman–Crippen MR) is 49.4 cm³/mol. The third kappa shape index (κ3) is 2.40. The number of hydrogen-bond donors (Lipinski definition) is 2. The van der Waals surface area contributed by atoms with Gasteiger partial charge in [0.1, 0.15) is 11.9 Å². The molecule has 1 aromatic heterocycles. The number of aliphatic hydroxyl groups excluding tert-OH is 1. The van der Waals surface area contributed by atoms with Gasteiger partial charge in [-0.2, -0.15) is 0 Å². The summed E-state index contributed by atoms with van der Waals surface area (Å²) in [7, 11) is 1.57. The van der Waals surface area contributed by atoms with Crippen LogP contribution in [0.2, 0.25) is 0 Å². The molecule has 4 heteroatoms.